The standard InChI is InChI=1S/C25H29N3O4S/c1-19(21-11-10-20-6-2-3-7-22(20)16-21)27-25(29)26-17-23-8-4-5-9-24(23)18-33(30,31)28-12-14-32-15-13-28/h2-11,16,19H,12-15,17-18H2,1H3,(H2,26,27,29)/t19-/m1/s1. The van der Waals surface area contributed by atoms with Gasteiger partial charge < -0.3 is 15.4 Å². The Hall–Kier alpha value is -2.94. The van der Waals surface area contributed by atoms with Crippen LogP contribution in [0.1, 0.15) is 29.7 Å². The quantitative estimate of drug-likeness (QED) is 0.556. The van der Waals surface area contributed by atoms with Gasteiger partial charge in [0.25, 0.3) is 0 Å². The number of benzene rings is 3. The molecule has 3 aromatic rings. The molecule has 1 aliphatic rings. The minimum atomic E-state index is -3.45. The smallest absolute Gasteiger partial charge is 0.315 e. The van der Waals surface area contributed by atoms with Crippen LogP contribution < -0.4 is 10.6 Å². The first-order valence-electron chi connectivity index (χ1n) is 11.1. The lowest BCUT2D eigenvalue weighted by molar-refractivity contribution is 0.0729. The highest BCUT2D eigenvalue weighted by atomic mass is 32.2. The SMILES string of the molecule is C[C@@H](NC(=O)NCc1ccccc1CS(=O)(=O)N1CCOCC1)c1ccc2ccccc2c1. The van der Waals surface area contributed by atoms with Crippen molar-refractivity contribution in [3.63, 3.8) is 0 Å². The number of rotatable bonds is 7. The van der Waals surface area contributed by atoms with Crippen molar-refractivity contribution in [3.8, 4) is 0 Å². The third-order valence-corrected chi connectivity index (χ3v) is 7.71. The average molecular weight is 468 g/mol. The second-order valence-corrected chi connectivity index (χ2v) is 10.2. The van der Waals surface area contributed by atoms with E-state index < -0.39 is 10.0 Å². The van der Waals surface area contributed by atoms with Crippen LogP contribution in [0.3, 0.4) is 0 Å². The molecule has 1 fully saturated rings. The number of carbonyl (C=O) groups excluding carboxylic acids is 1. The van der Waals surface area contributed by atoms with Crippen LogP contribution in [0.4, 0.5) is 4.79 Å². The molecule has 7 nitrogen and oxygen atoms in total. The summed E-state index contributed by atoms with van der Waals surface area (Å²) in [5.41, 5.74) is 2.48. The summed E-state index contributed by atoms with van der Waals surface area (Å²) >= 11 is 0. The minimum absolute atomic E-state index is 0.0973. The minimum Gasteiger partial charge on any atom is -0.379 e. The zero-order valence-corrected chi connectivity index (χ0v) is 19.5. The van der Waals surface area contributed by atoms with E-state index in [4.69, 9.17) is 4.74 Å². The van der Waals surface area contributed by atoms with E-state index in [0.29, 0.717) is 31.9 Å². The molecule has 174 valence electrons. The molecule has 0 bridgehead atoms. The summed E-state index contributed by atoms with van der Waals surface area (Å²) in [7, 11) is -3.45. The first-order chi connectivity index (χ1) is 15.9. The van der Waals surface area contributed by atoms with Crippen molar-refractivity contribution < 1.29 is 17.9 Å². The molecule has 0 unspecified atom stereocenters. The second-order valence-electron chi connectivity index (χ2n) is 8.19. The molecule has 1 heterocycles. The number of ether oxygens (including phenoxy) is 1. The van der Waals surface area contributed by atoms with Crippen molar-refractivity contribution in [2.24, 2.45) is 0 Å². The van der Waals surface area contributed by atoms with Crippen molar-refractivity contribution in [3.05, 3.63) is 83.4 Å². The maximum atomic E-state index is 12.8. The van der Waals surface area contributed by atoms with E-state index in [-0.39, 0.29) is 24.4 Å². The van der Waals surface area contributed by atoms with Gasteiger partial charge in [-0.3, -0.25) is 0 Å². The van der Waals surface area contributed by atoms with E-state index in [2.05, 4.69) is 22.8 Å². The molecule has 1 saturated heterocycles. The predicted octanol–water partition coefficient (Wildman–Crippen LogP) is 3.56. The molecule has 2 amide bonds. The fourth-order valence-corrected chi connectivity index (χ4v) is 5.53. The van der Waals surface area contributed by atoms with Crippen molar-refractivity contribution in [1.82, 2.24) is 14.9 Å². The number of nitrogens with one attached hydrogen (secondary N) is 2. The Morgan fingerprint density at radius 1 is 0.970 bits per heavy atom. The zero-order valence-electron chi connectivity index (χ0n) is 18.7. The molecular formula is C25H29N3O4S. The Kier molecular flexibility index (Phi) is 7.27. The van der Waals surface area contributed by atoms with Crippen LogP contribution in [-0.4, -0.2) is 45.1 Å². The lowest BCUT2D eigenvalue weighted by Crippen LogP contribution is -2.41. The van der Waals surface area contributed by atoms with E-state index in [0.717, 1.165) is 21.9 Å². The number of hydrogen-bond acceptors (Lipinski definition) is 4. The molecule has 0 radical (unpaired) electrons. The van der Waals surface area contributed by atoms with Crippen LogP contribution in [0.15, 0.2) is 66.7 Å². The lowest BCUT2D eigenvalue weighted by atomic mass is 10.0. The van der Waals surface area contributed by atoms with Gasteiger partial charge in [0, 0.05) is 19.6 Å². The molecule has 3 aromatic carbocycles. The van der Waals surface area contributed by atoms with Gasteiger partial charge in [0.1, 0.15) is 0 Å². The predicted molar refractivity (Wildman–Crippen MR) is 129 cm³/mol. The third kappa shape index (κ3) is 5.90. The van der Waals surface area contributed by atoms with E-state index >= 15 is 0 Å². The molecule has 2 N–H and O–H groups in total. The zero-order chi connectivity index (χ0) is 23.3. The molecule has 0 aromatic heterocycles. The van der Waals surface area contributed by atoms with E-state index in [1.54, 1.807) is 6.07 Å². The van der Waals surface area contributed by atoms with Gasteiger partial charge in [-0.2, -0.15) is 4.31 Å². The van der Waals surface area contributed by atoms with Crippen molar-refractivity contribution in [2.75, 3.05) is 26.3 Å². The summed E-state index contributed by atoms with van der Waals surface area (Å²) in [5.74, 6) is -0.0973. The molecule has 0 saturated carbocycles. The number of morpholine rings is 1. The van der Waals surface area contributed by atoms with Crippen molar-refractivity contribution in [2.45, 2.75) is 25.3 Å². The fourth-order valence-electron chi connectivity index (χ4n) is 3.97. The maximum Gasteiger partial charge on any atom is 0.315 e. The summed E-state index contributed by atoms with van der Waals surface area (Å²) in [4.78, 5) is 12.5. The molecule has 1 atom stereocenters. The largest absolute Gasteiger partial charge is 0.379 e. The van der Waals surface area contributed by atoms with Gasteiger partial charge in [-0.25, -0.2) is 13.2 Å². The van der Waals surface area contributed by atoms with Crippen LogP contribution in [-0.2, 0) is 27.1 Å². The molecular weight excluding hydrogens is 438 g/mol. The van der Waals surface area contributed by atoms with Gasteiger partial charge in [-0.1, -0.05) is 60.7 Å². The van der Waals surface area contributed by atoms with Gasteiger partial charge in [-0.15, -0.1) is 0 Å². The van der Waals surface area contributed by atoms with Crippen LogP contribution in [0.2, 0.25) is 0 Å². The summed E-state index contributed by atoms with van der Waals surface area (Å²) in [5, 5.41) is 8.10. The van der Waals surface area contributed by atoms with Gasteiger partial charge in [0.2, 0.25) is 10.0 Å². The Labute approximate surface area is 194 Å². The second kappa shape index (κ2) is 10.3. The van der Waals surface area contributed by atoms with Gasteiger partial charge in [-0.05, 0) is 40.5 Å². The van der Waals surface area contributed by atoms with Crippen LogP contribution in [0.25, 0.3) is 10.8 Å². The number of fused-ring (bicyclic) bond motifs is 1. The number of amides is 2. The van der Waals surface area contributed by atoms with E-state index in [1.165, 1.54) is 4.31 Å². The summed E-state index contributed by atoms with van der Waals surface area (Å²) < 4.78 is 32.4. The number of carbonyl (C=O) groups is 1. The van der Waals surface area contributed by atoms with E-state index in [9.17, 15) is 13.2 Å². The molecule has 8 heteroatoms. The highest BCUT2D eigenvalue weighted by Crippen LogP contribution is 2.20. The Morgan fingerprint density at radius 2 is 1.64 bits per heavy atom. The van der Waals surface area contributed by atoms with Gasteiger partial charge in [0.15, 0.2) is 0 Å². The topological polar surface area (TPSA) is 87.7 Å². The normalized spacial score (nSPS) is 15.8. The Balaban J connectivity index is 1.37. The summed E-state index contributed by atoms with van der Waals surface area (Å²) in [6.45, 7) is 3.75. The van der Waals surface area contributed by atoms with Crippen molar-refractivity contribution in [1.29, 1.82) is 0 Å². The lowest BCUT2D eigenvalue weighted by Gasteiger charge is -2.26. The molecule has 0 spiro atoms. The third-order valence-electron chi connectivity index (χ3n) is 5.88. The number of nitrogens with zero attached hydrogens (tertiary/aromatic N) is 1. The van der Waals surface area contributed by atoms with Gasteiger partial charge in [0.05, 0.1) is 25.0 Å². The molecule has 1 aliphatic heterocycles. The van der Waals surface area contributed by atoms with Gasteiger partial charge >= 0.3 is 6.03 Å². The molecule has 4 rings (SSSR count). The highest BCUT2D eigenvalue weighted by Gasteiger charge is 2.25. The summed E-state index contributed by atoms with van der Waals surface area (Å²) in [6, 6.07) is 21.1. The Bertz CT molecular complexity index is 1220. The van der Waals surface area contributed by atoms with E-state index in [1.807, 2.05) is 55.5 Å². The number of sulfonamides is 1. The summed E-state index contributed by atoms with van der Waals surface area (Å²) in [6.07, 6.45) is 0. The van der Waals surface area contributed by atoms with Crippen molar-refractivity contribution >= 4 is 26.8 Å². The number of urea groups is 1. The highest BCUT2D eigenvalue weighted by molar-refractivity contribution is 7.88. The average Bonchev–Trinajstić information content (AvgIpc) is 2.83. The van der Waals surface area contributed by atoms with Crippen LogP contribution in [0, 0.1) is 0 Å². The van der Waals surface area contributed by atoms with Crippen LogP contribution in [0.5, 0.6) is 0 Å². The first kappa shape index (κ1) is 23.2. The Morgan fingerprint density at radius 3 is 2.39 bits per heavy atom. The monoisotopic (exact) mass is 467 g/mol. The first-order valence-corrected chi connectivity index (χ1v) is 12.7. The number of hydrogen-bond donors (Lipinski definition) is 2. The molecule has 33 heavy (non-hydrogen) atoms. The maximum absolute atomic E-state index is 12.8. The fraction of sp³-hybridized carbons (Fsp3) is 0.320. The van der Waals surface area contributed by atoms with Crippen LogP contribution >= 0.6 is 0 Å². The molecule has 0 aliphatic carbocycles.